The number of likely N-dealkylation sites (N-methyl/N-ethyl adjacent to an activating group) is 2. The number of rotatable bonds is 6. The fourth-order valence-corrected chi connectivity index (χ4v) is 2.17. The molecule has 1 aromatic rings. The van der Waals surface area contributed by atoms with E-state index in [0.717, 1.165) is 23.5 Å². The molecule has 0 unspecified atom stereocenters. The molecular formula is C13H23N3O2S. The molecule has 0 amide bonds. The van der Waals surface area contributed by atoms with Gasteiger partial charge in [0.15, 0.2) is 0 Å². The first kappa shape index (κ1) is 15.8. The van der Waals surface area contributed by atoms with E-state index in [9.17, 15) is 8.42 Å². The third-order valence-electron chi connectivity index (χ3n) is 3.25. The molecule has 0 heterocycles. The second-order valence-corrected chi connectivity index (χ2v) is 6.79. The summed E-state index contributed by atoms with van der Waals surface area (Å²) in [5.41, 5.74) is 8.68. The van der Waals surface area contributed by atoms with Crippen LogP contribution in [0.1, 0.15) is 12.5 Å². The minimum atomic E-state index is -3.12. The van der Waals surface area contributed by atoms with Crippen molar-refractivity contribution in [2.45, 2.75) is 13.8 Å². The lowest BCUT2D eigenvalue weighted by molar-refractivity contribution is 0.477. The van der Waals surface area contributed by atoms with Crippen molar-refractivity contribution in [2.75, 3.05) is 43.6 Å². The van der Waals surface area contributed by atoms with Gasteiger partial charge in [-0.2, -0.15) is 0 Å². The van der Waals surface area contributed by atoms with Crippen LogP contribution in [0.15, 0.2) is 18.2 Å². The van der Waals surface area contributed by atoms with Crippen LogP contribution in [0.5, 0.6) is 0 Å². The Morgan fingerprint density at radius 3 is 2.37 bits per heavy atom. The van der Waals surface area contributed by atoms with Crippen molar-refractivity contribution in [3.8, 4) is 0 Å². The summed E-state index contributed by atoms with van der Waals surface area (Å²) in [6, 6.07) is 5.87. The van der Waals surface area contributed by atoms with E-state index >= 15 is 0 Å². The van der Waals surface area contributed by atoms with Crippen LogP contribution in [0.25, 0.3) is 0 Å². The number of nitrogen functional groups attached to an aromatic ring is 1. The van der Waals surface area contributed by atoms with E-state index in [0.29, 0.717) is 13.1 Å². The predicted octanol–water partition coefficient (Wildman–Crippen LogP) is 1.29. The highest BCUT2D eigenvalue weighted by Gasteiger charge is 2.13. The third kappa shape index (κ3) is 4.40. The van der Waals surface area contributed by atoms with E-state index in [1.165, 1.54) is 10.6 Å². The minimum Gasteiger partial charge on any atom is -0.399 e. The Labute approximate surface area is 116 Å². The Bertz CT molecular complexity index is 529. The van der Waals surface area contributed by atoms with E-state index in [2.05, 4.69) is 4.90 Å². The van der Waals surface area contributed by atoms with Gasteiger partial charge in [0.25, 0.3) is 0 Å². The lowest BCUT2D eigenvalue weighted by Crippen LogP contribution is -2.35. The maximum Gasteiger partial charge on any atom is 0.211 e. The second kappa shape index (κ2) is 6.25. The number of nitrogens with two attached hydrogens (primary N) is 1. The van der Waals surface area contributed by atoms with Crippen LogP contribution in [0.3, 0.4) is 0 Å². The van der Waals surface area contributed by atoms with Gasteiger partial charge in [-0.25, -0.2) is 12.7 Å². The molecule has 1 rings (SSSR count). The highest BCUT2D eigenvalue weighted by atomic mass is 32.2. The first-order valence-corrected chi connectivity index (χ1v) is 8.13. The Balaban J connectivity index is 2.76. The van der Waals surface area contributed by atoms with Gasteiger partial charge in [0, 0.05) is 38.1 Å². The van der Waals surface area contributed by atoms with Gasteiger partial charge >= 0.3 is 0 Å². The summed E-state index contributed by atoms with van der Waals surface area (Å²) in [7, 11) is -1.52. The topological polar surface area (TPSA) is 66.6 Å². The molecule has 0 saturated heterocycles. The quantitative estimate of drug-likeness (QED) is 0.800. The molecule has 0 aromatic heterocycles. The highest BCUT2D eigenvalue weighted by molar-refractivity contribution is 7.88. The molecule has 0 fully saturated rings. The van der Waals surface area contributed by atoms with Crippen LogP contribution in [0.2, 0.25) is 0 Å². The van der Waals surface area contributed by atoms with Crippen molar-refractivity contribution in [2.24, 2.45) is 0 Å². The summed E-state index contributed by atoms with van der Waals surface area (Å²) < 4.78 is 24.1. The SMILES string of the molecule is CCN(CCN(C)S(C)(=O)=O)c1ccc(N)c(C)c1. The van der Waals surface area contributed by atoms with E-state index in [-0.39, 0.29) is 0 Å². The molecule has 6 heteroatoms. The Hall–Kier alpha value is -1.27. The molecule has 0 spiro atoms. The average Bonchev–Trinajstić information content (AvgIpc) is 2.32. The number of sulfonamides is 1. The molecule has 0 aliphatic carbocycles. The van der Waals surface area contributed by atoms with Gasteiger partial charge in [0.05, 0.1) is 6.26 Å². The zero-order valence-electron chi connectivity index (χ0n) is 12.0. The molecule has 0 aliphatic heterocycles. The smallest absolute Gasteiger partial charge is 0.211 e. The van der Waals surface area contributed by atoms with Crippen molar-refractivity contribution in [1.82, 2.24) is 4.31 Å². The third-order valence-corrected chi connectivity index (χ3v) is 4.57. The molecule has 0 aliphatic rings. The number of benzene rings is 1. The molecule has 0 radical (unpaired) electrons. The molecule has 0 bridgehead atoms. The maximum atomic E-state index is 11.4. The zero-order chi connectivity index (χ0) is 14.6. The van der Waals surface area contributed by atoms with Gasteiger partial charge in [-0.1, -0.05) is 0 Å². The summed E-state index contributed by atoms with van der Waals surface area (Å²) in [5, 5.41) is 0. The fourth-order valence-electron chi connectivity index (χ4n) is 1.75. The number of hydrogen-bond donors (Lipinski definition) is 1. The van der Waals surface area contributed by atoms with E-state index < -0.39 is 10.0 Å². The molecule has 19 heavy (non-hydrogen) atoms. The first-order valence-electron chi connectivity index (χ1n) is 6.28. The lowest BCUT2D eigenvalue weighted by atomic mass is 10.1. The van der Waals surface area contributed by atoms with E-state index in [1.807, 2.05) is 32.0 Å². The van der Waals surface area contributed by atoms with Gasteiger partial charge in [-0.3, -0.25) is 0 Å². The maximum absolute atomic E-state index is 11.4. The average molecular weight is 285 g/mol. The zero-order valence-corrected chi connectivity index (χ0v) is 12.9. The van der Waals surface area contributed by atoms with E-state index in [1.54, 1.807) is 7.05 Å². The van der Waals surface area contributed by atoms with Gasteiger partial charge in [0.2, 0.25) is 10.0 Å². The highest BCUT2D eigenvalue weighted by Crippen LogP contribution is 2.20. The molecule has 5 nitrogen and oxygen atoms in total. The van der Waals surface area contributed by atoms with Crippen molar-refractivity contribution in [3.63, 3.8) is 0 Å². The first-order chi connectivity index (χ1) is 8.75. The number of hydrogen-bond acceptors (Lipinski definition) is 4. The second-order valence-electron chi connectivity index (χ2n) is 4.71. The summed E-state index contributed by atoms with van der Waals surface area (Å²) in [6.45, 7) is 5.96. The molecule has 0 atom stereocenters. The normalized spacial score (nSPS) is 11.8. The molecule has 0 saturated carbocycles. The summed E-state index contributed by atoms with van der Waals surface area (Å²) >= 11 is 0. The Kier molecular flexibility index (Phi) is 5.20. The summed E-state index contributed by atoms with van der Waals surface area (Å²) in [5.74, 6) is 0. The molecule has 1 aromatic carbocycles. The van der Waals surface area contributed by atoms with Crippen molar-refractivity contribution < 1.29 is 8.42 Å². The van der Waals surface area contributed by atoms with Crippen molar-refractivity contribution in [3.05, 3.63) is 23.8 Å². The van der Waals surface area contributed by atoms with Crippen LogP contribution in [0.4, 0.5) is 11.4 Å². The van der Waals surface area contributed by atoms with Gasteiger partial charge in [0.1, 0.15) is 0 Å². The predicted molar refractivity (Wildman–Crippen MR) is 81.0 cm³/mol. The molecule has 108 valence electrons. The standard InChI is InChI=1S/C13H23N3O2S/c1-5-16(9-8-15(3)19(4,17)18)12-6-7-13(14)11(2)10-12/h6-7,10H,5,8-9,14H2,1-4H3. The lowest BCUT2D eigenvalue weighted by Gasteiger charge is -2.26. The van der Waals surface area contributed by atoms with Crippen LogP contribution >= 0.6 is 0 Å². The Morgan fingerprint density at radius 2 is 1.89 bits per heavy atom. The Morgan fingerprint density at radius 1 is 1.26 bits per heavy atom. The van der Waals surface area contributed by atoms with E-state index in [4.69, 9.17) is 5.73 Å². The van der Waals surface area contributed by atoms with Gasteiger partial charge in [-0.05, 0) is 37.6 Å². The van der Waals surface area contributed by atoms with Crippen molar-refractivity contribution >= 4 is 21.4 Å². The summed E-state index contributed by atoms with van der Waals surface area (Å²) in [6.07, 6.45) is 1.22. The monoisotopic (exact) mass is 285 g/mol. The van der Waals surface area contributed by atoms with Crippen LogP contribution in [-0.4, -0.2) is 45.7 Å². The van der Waals surface area contributed by atoms with Gasteiger partial charge < -0.3 is 10.6 Å². The van der Waals surface area contributed by atoms with Crippen LogP contribution in [-0.2, 0) is 10.0 Å². The van der Waals surface area contributed by atoms with Crippen LogP contribution < -0.4 is 10.6 Å². The number of anilines is 2. The number of nitrogens with zero attached hydrogens (tertiary/aromatic N) is 2. The molecule has 2 N–H and O–H groups in total. The number of aryl methyl sites for hydroxylation is 1. The van der Waals surface area contributed by atoms with Crippen LogP contribution in [0, 0.1) is 6.92 Å². The van der Waals surface area contributed by atoms with Gasteiger partial charge in [-0.15, -0.1) is 0 Å². The van der Waals surface area contributed by atoms with Crippen molar-refractivity contribution in [1.29, 1.82) is 0 Å². The summed E-state index contributed by atoms with van der Waals surface area (Å²) in [4.78, 5) is 2.13. The fraction of sp³-hybridized carbons (Fsp3) is 0.538. The minimum absolute atomic E-state index is 0.468. The largest absolute Gasteiger partial charge is 0.399 e. The molecular weight excluding hydrogens is 262 g/mol.